The second kappa shape index (κ2) is 4.35. The van der Waals surface area contributed by atoms with Gasteiger partial charge in [0.25, 0.3) is 0 Å². The number of primary amides is 1. The highest BCUT2D eigenvalue weighted by Crippen LogP contribution is 2.18. The molecule has 0 spiro atoms. The van der Waals surface area contributed by atoms with Crippen LogP contribution in [0.5, 0.6) is 5.75 Å². The van der Waals surface area contributed by atoms with Gasteiger partial charge in [-0.3, -0.25) is 0 Å². The summed E-state index contributed by atoms with van der Waals surface area (Å²) in [6, 6.07) is 7.14. The third kappa shape index (κ3) is 2.66. The first-order valence-electron chi connectivity index (χ1n) is 3.66. The molecular formula is C9H10NO3. The van der Waals surface area contributed by atoms with Crippen molar-refractivity contribution in [3.05, 3.63) is 36.4 Å². The van der Waals surface area contributed by atoms with Gasteiger partial charge in [-0.2, -0.15) is 0 Å². The normalized spacial score (nSPS) is 9.31. The molecule has 4 heteroatoms. The van der Waals surface area contributed by atoms with E-state index in [0.717, 1.165) is 0 Å². The van der Waals surface area contributed by atoms with Gasteiger partial charge in [0.2, 0.25) is 0 Å². The number of nitrogens with two attached hydrogens (primary N) is 1. The van der Waals surface area contributed by atoms with Gasteiger partial charge in [0.1, 0.15) is 5.75 Å². The lowest BCUT2D eigenvalue weighted by molar-refractivity contribution is 0.186. The van der Waals surface area contributed by atoms with Gasteiger partial charge < -0.3 is 15.2 Å². The van der Waals surface area contributed by atoms with Gasteiger partial charge in [-0.1, -0.05) is 18.2 Å². The molecule has 2 N–H and O–H groups in total. The van der Waals surface area contributed by atoms with Crippen LogP contribution in [-0.2, 0) is 4.74 Å². The van der Waals surface area contributed by atoms with Gasteiger partial charge in [0, 0.05) is 5.56 Å². The number of amides is 1. The molecule has 1 rings (SSSR count). The maximum atomic E-state index is 10.3. The van der Waals surface area contributed by atoms with Crippen LogP contribution in [0.15, 0.2) is 24.3 Å². The molecule has 1 aromatic carbocycles. The number of para-hydroxylation sites is 1. The lowest BCUT2D eigenvalue weighted by atomic mass is 10.2. The Morgan fingerprint density at radius 3 is 2.77 bits per heavy atom. The average molecular weight is 180 g/mol. The van der Waals surface area contributed by atoms with E-state index in [2.05, 4.69) is 4.74 Å². The number of hydrogen-bond donors (Lipinski definition) is 1. The molecule has 0 aromatic heterocycles. The predicted molar refractivity (Wildman–Crippen MR) is 47.1 cm³/mol. The molecule has 0 bridgehead atoms. The fraction of sp³-hybridized carbons (Fsp3) is 0.111. The summed E-state index contributed by atoms with van der Waals surface area (Å²) in [5, 5.41) is 0. The third-order valence-corrected chi connectivity index (χ3v) is 1.44. The van der Waals surface area contributed by atoms with Crippen LogP contribution in [0.25, 0.3) is 0 Å². The van der Waals surface area contributed by atoms with Crippen LogP contribution in [0.1, 0.15) is 5.56 Å². The largest absolute Gasteiger partial charge is 0.496 e. The highest BCUT2D eigenvalue weighted by molar-refractivity contribution is 5.65. The Labute approximate surface area is 76.3 Å². The topological polar surface area (TPSA) is 61.6 Å². The Kier molecular flexibility index (Phi) is 3.14. The van der Waals surface area contributed by atoms with Crippen LogP contribution < -0.4 is 10.5 Å². The van der Waals surface area contributed by atoms with Crippen LogP contribution in [0, 0.1) is 6.61 Å². The van der Waals surface area contributed by atoms with Crippen molar-refractivity contribution in [1.82, 2.24) is 0 Å². The quantitative estimate of drug-likeness (QED) is 0.762. The highest BCUT2D eigenvalue weighted by atomic mass is 16.5. The molecule has 0 aliphatic heterocycles. The van der Waals surface area contributed by atoms with Crippen molar-refractivity contribution in [2.24, 2.45) is 5.73 Å². The zero-order valence-electron chi connectivity index (χ0n) is 7.19. The average Bonchev–Trinajstić information content (AvgIpc) is 2.15. The Balaban J connectivity index is 2.69. The Morgan fingerprint density at radius 2 is 2.15 bits per heavy atom. The molecule has 1 amide bonds. The first-order valence-corrected chi connectivity index (χ1v) is 3.66. The lowest BCUT2D eigenvalue weighted by Gasteiger charge is -2.06. The summed E-state index contributed by atoms with van der Waals surface area (Å²) in [7, 11) is 1.54. The second-order valence-corrected chi connectivity index (χ2v) is 2.30. The fourth-order valence-electron chi connectivity index (χ4n) is 0.885. The highest BCUT2D eigenvalue weighted by Gasteiger charge is 2.03. The van der Waals surface area contributed by atoms with Crippen molar-refractivity contribution in [1.29, 1.82) is 0 Å². The van der Waals surface area contributed by atoms with Crippen LogP contribution >= 0.6 is 0 Å². The van der Waals surface area contributed by atoms with Crippen molar-refractivity contribution >= 4 is 6.09 Å². The fourth-order valence-corrected chi connectivity index (χ4v) is 0.885. The molecular weight excluding hydrogens is 170 g/mol. The summed E-state index contributed by atoms with van der Waals surface area (Å²) in [5.41, 5.74) is 5.47. The first kappa shape index (κ1) is 9.38. The van der Waals surface area contributed by atoms with Gasteiger partial charge in [-0.25, -0.2) is 4.79 Å². The number of benzene rings is 1. The molecule has 13 heavy (non-hydrogen) atoms. The van der Waals surface area contributed by atoms with Gasteiger partial charge in [0.05, 0.1) is 7.11 Å². The molecule has 4 nitrogen and oxygen atoms in total. The summed E-state index contributed by atoms with van der Waals surface area (Å²) in [6.07, 6.45) is -0.842. The van der Waals surface area contributed by atoms with Gasteiger partial charge in [0.15, 0.2) is 6.61 Å². The van der Waals surface area contributed by atoms with E-state index < -0.39 is 6.09 Å². The van der Waals surface area contributed by atoms with Crippen molar-refractivity contribution in [3.8, 4) is 5.75 Å². The zero-order valence-corrected chi connectivity index (χ0v) is 7.19. The minimum absolute atomic E-state index is 0.628. The number of methoxy groups -OCH3 is 1. The maximum Gasteiger partial charge on any atom is 0.405 e. The molecule has 0 saturated carbocycles. The maximum absolute atomic E-state index is 10.3. The van der Waals surface area contributed by atoms with Crippen LogP contribution in [0.2, 0.25) is 0 Å². The van der Waals surface area contributed by atoms with Gasteiger partial charge >= 0.3 is 6.09 Å². The standard InChI is InChI=1S/C9H10NO3/c1-12-8-5-3-2-4-7(8)6-13-9(10)11/h2-6H,1H3,(H2,10,11). The van der Waals surface area contributed by atoms with E-state index in [0.29, 0.717) is 11.3 Å². The van der Waals surface area contributed by atoms with Gasteiger partial charge in [-0.15, -0.1) is 0 Å². The minimum Gasteiger partial charge on any atom is -0.496 e. The monoisotopic (exact) mass is 180 g/mol. The van der Waals surface area contributed by atoms with Crippen LogP contribution in [-0.4, -0.2) is 13.2 Å². The van der Waals surface area contributed by atoms with Crippen molar-refractivity contribution in [3.63, 3.8) is 0 Å². The van der Waals surface area contributed by atoms with E-state index in [4.69, 9.17) is 10.5 Å². The van der Waals surface area contributed by atoms with E-state index in [9.17, 15) is 4.79 Å². The SMILES string of the molecule is COc1ccccc1[CH]OC(N)=O. The Hall–Kier alpha value is -1.71. The number of rotatable bonds is 3. The number of hydrogen-bond acceptors (Lipinski definition) is 3. The molecule has 0 atom stereocenters. The van der Waals surface area contributed by atoms with Crippen molar-refractivity contribution < 1.29 is 14.3 Å². The summed E-state index contributed by atoms with van der Waals surface area (Å²) in [4.78, 5) is 10.3. The zero-order chi connectivity index (χ0) is 9.68. The minimum atomic E-state index is -0.842. The number of carbonyl (C=O) groups excluding carboxylic acids is 1. The van der Waals surface area contributed by atoms with Gasteiger partial charge in [-0.05, 0) is 6.07 Å². The van der Waals surface area contributed by atoms with E-state index in [-0.39, 0.29) is 0 Å². The predicted octanol–water partition coefficient (Wildman–Crippen LogP) is 1.30. The molecule has 0 aliphatic rings. The second-order valence-electron chi connectivity index (χ2n) is 2.30. The van der Waals surface area contributed by atoms with Crippen LogP contribution in [0.4, 0.5) is 4.79 Å². The van der Waals surface area contributed by atoms with Crippen molar-refractivity contribution in [2.75, 3.05) is 7.11 Å². The van der Waals surface area contributed by atoms with E-state index in [1.807, 2.05) is 6.07 Å². The smallest absolute Gasteiger partial charge is 0.405 e. The molecule has 0 saturated heterocycles. The van der Waals surface area contributed by atoms with Crippen LogP contribution in [0.3, 0.4) is 0 Å². The van der Waals surface area contributed by atoms with E-state index in [1.165, 1.54) is 13.7 Å². The summed E-state index contributed by atoms with van der Waals surface area (Å²) >= 11 is 0. The Bertz CT molecular complexity index is 299. The number of carbonyl (C=O) groups is 1. The number of ether oxygens (including phenoxy) is 2. The molecule has 69 valence electrons. The van der Waals surface area contributed by atoms with E-state index in [1.54, 1.807) is 18.2 Å². The summed E-state index contributed by atoms with van der Waals surface area (Å²) < 4.78 is 9.52. The molecule has 0 heterocycles. The summed E-state index contributed by atoms with van der Waals surface area (Å²) in [5.74, 6) is 0.628. The molecule has 0 fully saturated rings. The molecule has 1 aromatic rings. The molecule has 0 aliphatic carbocycles. The first-order chi connectivity index (χ1) is 6.24. The third-order valence-electron chi connectivity index (χ3n) is 1.44. The molecule has 0 unspecified atom stereocenters. The Morgan fingerprint density at radius 1 is 1.46 bits per heavy atom. The summed E-state index contributed by atoms with van der Waals surface area (Å²) in [6.45, 7) is 1.25. The lowest BCUT2D eigenvalue weighted by Crippen LogP contribution is -2.11. The molecule has 1 radical (unpaired) electrons. The van der Waals surface area contributed by atoms with Crippen molar-refractivity contribution in [2.45, 2.75) is 0 Å². The van der Waals surface area contributed by atoms with E-state index >= 15 is 0 Å².